The zero-order chi connectivity index (χ0) is 8.97. The fraction of sp³-hybridized carbons (Fsp3) is 0. The summed E-state index contributed by atoms with van der Waals surface area (Å²) in [6, 6.07) is 3.01. The van der Waals surface area contributed by atoms with Gasteiger partial charge in [0, 0.05) is 12.1 Å². The fourth-order valence-corrected chi connectivity index (χ4v) is 0.809. The first kappa shape index (κ1) is 8.39. The summed E-state index contributed by atoms with van der Waals surface area (Å²) in [4.78, 5) is 13.3. The van der Waals surface area contributed by atoms with E-state index in [4.69, 9.17) is 16.9 Å². The normalized spacial score (nSPS) is 8.00. The van der Waals surface area contributed by atoms with Gasteiger partial charge in [-0.1, -0.05) is 11.6 Å². The van der Waals surface area contributed by atoms with Crippen molar-refractivity contribution in [2.45, 2.75) is 0 Å². The van der Waals surface area contributed by atoms with E-state index in [-0.39, 0.29) is 11.1 Å². The summed E-state index contributed by atoms with van der Waals surface area (Å²) >= 11 is 5.57. The molecule has 0 amide bonds. The third-order valence-corrected chi connectivity index (χ3v) is 1.34. The predicted molar refractivity (Wildman–Crippen MR) is 44.6 cm³/mol. The largest absolute Gasteiger partial charge is 0.327 e. The summed E-state index contributed by atoms with van der Waals surface area (Å²) in [7, 11) is 0. The first-order chi connectivity index (χ1) is 5.74. The highest BCUT2D eigenvalue weighted by molar-refractivity contribution is 6.30. The zero-order valence-corrected chi connectivity index (χ0v) is 6.64. The van der Waals surface area contributed by atoms with Gasteiger partial charge in [0.05, 0.1) is 10.6 Å². The average Bonchev–Trinajstić information content (AvgIpc) is 2.07. The van der Waals surface area contributed by atoms with Crippen LogP contribution >= 0.6 is 11.6 Å². The maximum absolute atomic E-state index is 11.0. The second-order valence-corrected chi connectivity index (χ2v) is 2.36. The number of nitrogens with one attached hydrogen (secondary N) is 1. The van der Waals surface area contributed by atoms with Gasteiger partial charge in [0.15, 0.2) is 6.07 Å². The van der Waals surface area contributed by atoms with Crippen LogP contribution in [0.4, 0.5) is 0 Å². The van der Waals surface area contributed by atoms with Gasteiger partial charge >= 0.3 is 0 Å². The Bertz CT molecular complexity index is 445. The van der Waals surface area contributed by atoms with Gasteiger partial charge in [0.2, 0.25) is 0 Å². The Morgan fingerprint density at radius 2 is 2.33 bits per heavy atom. The van der Waals surface area contributed by atoms with E-state index in [0.29, 0.717) is 5.02 Å². The van der Waals surface area contributed by atoms with Gasteiger partial charge in [-0.3, -0.25) is 4.79 Å². The second-order valence-electron chi connectivity index (χ2n) is 1.92. The monoisotopic (exact) mass is 178 g/mol. The van der Waals surface area contributed by atoms with Crippen LogP contribution in [0.3, 0.4) is 0 Å². The van der Waals surface area contributed by atoms with Crippen LogP contribution in [0.2, 0.25) is 5.02 Å². The number of halogens is 1. The van der Waals surface area contributed by atoms with Gasteiger partial charge in [-0.15, -0.1) is 0 Å². The molecule has 0 aliphatic carbocycles. The number of pyridine rings is 1. The van der Waals surface area contributed by atoms with Gasteiger partial charge in [0.1, 0.15) is 0 Å². The van der Waals surface area contributed by atoms with Crippen molar-refractivity contribution in [3.8, 4) is 17.9 Å². The van der Waals surface area contributed by atoms with E-state index in [9.17, 15) is 4.79 Å². The number of rotatable bonds is 0. The lowest BCUT2D eigenvalue weighted by atomic mass is 10.3. The molecule has 1 aromatic rings. The number of aromatic amines is 1. The Hall–Kier alpha value is -1.71. The molecule has 0 radical (unpaired) electrons. The van der Waals surface area contributed by atoms with Crippen LogP contribution in [-0.2, 0) is 0 Å². The summed E-state index contributed by atoms with van der Waals surface area (Å²) in [6.07, 6.45) is 1.36. The first-order valence-corrected chi connectivity index (χ1v) is 3.40. The van der Waals surface area contributed by atoms with E-state index in [1.807, 2.05) is 0 Å². The smallest absolute Gasteiger partial charge is 0.263 e. The Morgan fingerprint density at radius 3 is 3.00 bits per heavy atom. The number of nitrogens with zero attached hydrogens (tertiary/aromatic N) is 1. The van der Waals surface area contributed by atoms with Crippen molar-refractivity contribution < 1.29 is 0 Å². The van der Waals surface area contributed by atoms with Crippen molar-refractivity contribution >= 4 is 11.6 Å². The molecule has 1 heterocycles. The summed E-state index contributed by atoms with van der Waals surface area (Å²) in [5, 5.41) is 8.50. The van der Waals surface area contributed by atoms with Gasteiger partial charge in [0.25, 0.3) is 5.56 Å². The molecule has 4 heteroatoms. The molecule has 1 rings (SSSR count). The van der Waals surface area contributed by atoms with Crippen LogP contribution in [0.5, 0.6) is 0 Å². The molecule has 0 saturated carbocycles. The molecule has 0 unspecified atom stereocenters. The third kappa shape index (κ3) is 1.88. The lowest BCUT2D eigenvalue weighted by Gasteiger charge is -1.88. The van der Waals surface area contributed by atoms with E-state index >= 15 is 0 Å². The summed E-state index contributed by atoms with van der Waals surface area (Å²) in [5.74, 6) is 4.47. The Labute approximate surface area is 73.6 Å². The van der Waals surface area contributed by atoms with E-state index in [1.54, 1.807) is 6.07 Å². The Balaban J connectivity index is 3.26. The molecule has 0 bridgehead atoms. The molecule has 12 heavy (non-hydrogen) atoms. The summed E-state index contributed by atoms with van der Waals surface area (Å²) in [6.45, 7) is 0. The van der Waals surface area contributed by atoms with Crippen molar-refractivity contribution in [3.05, 3.63) is 33.2 Å². The minimum absolute atomic E-state index is 0.198. The molecule has 58 valence electrons. The molecule has 0 aliphatic rings. The van der Waals surface area contributed by atoms with Crippen LogP contribution in [-0.4, -0.2) is 4.98 Å². The van der Waals surface area contributed by atoms with Crippen LogP contribution in [0, 0.1) is 23.2 Å². The van der Waals surface area contributed by atoms with Gasteiger partial charge in [-0.05, 0) is 12.0 Å². The molecule has 0 fully saturated rings. The van der Waals surface area contributed by atoms with Crippen molar-refractivity contribution in [1.29, 1.82) is 5.26 Å². The molecule has 0 spiro atoms. The second kappa shape index (κ2) is 3.61. The summed E-state index contributed by atoms with van der Waals surface area (Å²) < 4.78 is 0. The highest BCUT2D eigenvalue weighted by atomic mass is 35.5. The van der Waals surface area contributed by atoms with Crippen LogP contribution in [0.15, 0.2) is 17.1 Å². The van der Waals surface area contributed by atoms with Crippen molar-refractivity contribution in [3.63, 3.8) is 0 Å². The highest BCUT2D eigenvalue weighted by Crippen LogP contribution is 2.03. The van der Waals surface area contributed by atoms with E-state index < -0.39 is 0 Å². The predicted octanol–water partition coefficient (Wildman–Crippen LogP) is 0.903. The lowest BCUT2D eigenvalue weighted by molar-refractivity contribution is 1.22. The van der Waals surface area contributed by atoms with Gasteiger partial charge in [-0.2, -0.15) is 5.26 Å². The fourth-order valence-electron chi connectivity index (χ4n) is 0.645. The minimum atomic E-state index is -0.345. The molecular formula is C8H3ClN2O. The molecule has 1 N–H and O–H groups in total. The zero-order valence-electron chi connectivity index (χ0n) is 5.89. The minimum Gasteiger partial charge on any atom is -0.327 e. The Morgan fingerprint density at radius 1 is 1.58 bits per heavy atom. The molecule has 0 saturated heterocycles. The number of H-pyrrole nitrogens is 1. The van der Waals surface area contributed by atoms with Crippen LogP contribution in [0.25, 0.3) is 0 Å². The van der Waals surface area contributed by atoms with Crippen molar-refractivity contribution in [2.75, 3.05) is 0 Å². The standard InChI is InChI=1S/C8H3ClN2O/c9-7-4-6(2-1-3-10)8(12)11-5-7/h4-5H,(H,11,12). The summed E-state index contributed by atoms with van der Waals surface area (Å²) in [5.41, 5.74) is -0.147. The number of hydrogen-bond acceptors (Lipinski definition) is 2. The molecule has 0 atom stereocenters. The van der Waals surface area contributed by atoms with E-state index in [1.165, 1.54) is 12.3 Å². The van der Waals surface area contributed by atoms with Crippen LogP contribution < -0.4 is 5.56 Å². The first-order valence-electron chi connectivity index (χ1n) is 3.02. The topological polar surface area (TPSA) is 56.6 Å². The SMILES string of the molecule is N#CC#Cc1cc(Cl)c[nH]c1=O. The molecule has 3 nitrogen and oxygen atoms in total. The lowest BCUT2D eigenvalue weighted by Crippen LogP contribution is -2.08. The molecule has 0 aliphatic heterocycles. The quantitative estimate of drug-likeness (QED) is 0.601. The molecular weight excluding hydrogens is 176 g/mol. The number of nitriles is 1. The van der Waals surface area contributed by atoms with E-state index in [2.05, 4.69) is 16.8 Å². The third-order valence-electron chi connectivity index (χ3n) is 1.12. The highest BCUT2D eigenvalue weighted by Gasteiger charge is 1.95. The van der Waals surface area contributed by atoms with E-state index in [0.717, 1.165) is 0 Å². The number of aromatic nitrogens is 1. The molecule has 0 aromatic carbocycles. The van der Waals surface area contributed by atoms with Gasteiger partial charge < -0.3 is 4.98 Å². The average molecular weight is 179 g/mol. The maximum atomic E-state index is 11.0. The van der Waals surface area contributed by atoms with Crippen molar-refractivity contribution in [1.82, 2.24) is 4.98 Å². The molecule has 1 aromatic heterocycles. The maximum Gasteiger partial charge on any atom is 0.263 e. The van der Waals surface area contributed by atoms with Crippen LogP contribution in [0.1, 0.15) is 5.56 Å². The Kier molecular flexibility index (Phi) is 2.53. The van der Waals surface area contributed by atoms with Crippen molar-refractivity contribution in [2.24, 2.45) is 0 Å². The van der Waals surface area contributed by atoms with Gasteiger partial charge in [-0.25, -0.2) is 0 Å². The number of hydrogen-bond donors (Lipinski definition) is 1.